The Bertz CT molecular complexity index is 1060. The lowest BCUT2D eigenvalue weighted by Crippen LogP contribution is -2.08. The highest BCUT2D eigenvalue weighted by atomic mass is 16.6. The summed E-state index contributed by atoms with van der Waals surface area (Å²) in [6.45, 7) is 0. The van der Waals surface area contributed by atoms with E-state index in [1.54, 1.807) is 24.4 Å². The third-order valence-corrected chi connectivity index (χ3v) is 3.99. The SMILES string of the molecule is O=[N+]([O-])c1cccc(/C=C/C2=Nc3ccccc3-c3ncccc3N2)c1. The molecular formula is C20H14N4O2. The number of hydrogen-bond donors (Lipinski definition) is 1. The van der Waals surface area contributed by atoms with Crippen LogP contribution < -0.4 is 5.32 Å². The molecule has 26 heavy (non-hydrogen) atoms. The number of nitrogens with one attached hydrogen (secondary N) is 1. The predicted molar refractivity (Wildman–Crippen MR) is 103 cm³/mol. The number of pyridine rings is 1. The number of hydrogen-bond acceptors (Lipinski definition) is 5. The minimum Gasteiger partial charge on any atom is -0.338 e. The van der Waals surface area contributed by atoms with Crippen LogP contribution in [0.2, 0.25) is 0 Å². The van der Waals surface area contributed by atoms with Crippen molar-refractivity contribution >= 4 is 29.0 Å². The molecule has 0 unspecified atom stereocenters. The molecule has 3 aromatic rings. The quantitative estimate of drug-likeness (QED) is 0.546. The lowest BCUT2D eigenvalue weighted by Gasteiger charge is -2.07. The first-order chi connectivity index (χ1) is 12.7. The molecule has 1 aliphatic rings. The molecule has 0 aliphatic carbocycles. The van der Waals surface area contributed by atoms with Crippen LogP contribution in [0.1, 0.15) is 5.56 Å². The number of rotatable bonds is 3. The van der Waals surface area contributed by atoms with Crippen LogP contribution in [-0.4, -0.2) is 15.7 Å². The highest BCUT2D eigenvalue weighted by molar-refractivity contribution is 6.11. The van der Waals surface area contributed by atoms with Gasteiger partial charge in [-0.3, -0.25) is 15.1 Å². The van der Waals surface area contributed by atoms with E-state index in [4.69, 9.17) is 0 Å². The largest absolute Gasteiger partial charge is 0.338 e. The van der Waals surface area contributed by atoms with Gasteiger partial charge >= 0.3 is 0 Å². The number of nitrogens with zero attached hydrogens (tertiary/aromatic N) is 3. The van der Waals surface area contributed by atoms with E-state index in [9.17, 15) is 10.1 Å². The third-order valence-electron chi connectivity index (χ3n) is 3.99. The molecule has 1 aliphatic heterocycles. The number of nitro groups is 1. The minimum absolute atomic E-state index is 0.0582. The van der Waals surface area contributed by atoms with Crippen LogP contribution in [0.15, 0.2) is 77.9 Å². The minimum atomic E-state index is -0.406. The van der Waals surface area contributed by atoms with Crippen LogP contribution >= 0.6 is 0 Å². The third kappa shape index (κ3) is 3.08. The molecule has 1 aromatic heterocycles. The van der Waals surface area contributed by atoms with E-state index in [-0.39, 0.29) is 5.69 Å². The lowest BCUT2D eigenvalue weighted by atomic mass is 10.1. The summed E-state index contributed by atoms with van der Waals surface area (Å²) in [6.07, 6.45) is 5.35. The molecule has 1 N–H and O–H groups in total. The van der Waals surface area contributed by atoms with Gasteiger partial charge in [-0.1, -0.05) is 36.4 Å². The Balaban J connectivity index is 1.73. The van der Waals surface area contributed by atoms with Gasteiger partial charge in [-0.25, -0.2) is 4.99 Å². The highest BCUT2D eigenvalue weighted by Crippen LogP contribution is 2.35. The molecule has 0 saturated heterocycles. The molecule has 0 bridgehead atoms. The van der Waals surface area contributed by atoms with Gasteiger partial charge in [0.05, 0.1) is 22.0 Å². The van der Waals surface area contributed by atoms with E-state index < -0.39 is 4.92 Å². The summed E-state index contributed by atoms with van der Waals surface area (Å²) in [5.74, 6) is 0.635. The van der Waals surface area contributed by atoms with Crippen LogP contribution in [-0.2, 0) is 0 Å². The monoisotopic (exact) mass is 342 g/mol. The van der Waals surface area contributed by atoms with Crippen LogP contribution in [0.5, 0.6) is 0 Å². The maximum atomic E-state index is 10.9. The van der Waals surface area contributed by atoms with Crippen molar-refractivity contribution in [1.29, 1.82) is 0 Å². The van der Waals surface area contributed by atoms with Crippen LogP contribution in [0.3, 0.4) is 0 Å². The second kappa shape index (κ2) is 6.60. The average molecular weight is 342 g/mol. The van der Waals surface area contributed by atoms with Crippen molar-refractivity contribution in [1.82, 2.24) is 4.98 Å². The summed E-state index contributed by atoms with van der Waals surface area (Å²) in [7, 11) is 0. The number of aliphatic imine (C=N–C) groups is 1. The molecule has 6 nitrogen and oxygen atoms in total. The highest BCUT2D eigenvalue weighted by Gasteiger charge is 2.15. The topological polar surface area (TPSA) is 80.4 Å². The number of para-hydroxylation sites is 1. The molecule has 126 valence electrons. The second-order valence-corrected chi connectivity index (χ2v) is 5.72. The van der Waals surface area contributed by atoms with Crippen molar-refractivity contribution < 1.29 is 4.92 Å². The van der Waals surface area contributed by atoms with Gasteiger partial charge in [0.15, 0.2) is 0 Å². The fourth-order valence-corrected chi connectivity index (χ4v) is 2.78. The van der Waals surface area contributed by atoms with Gasteiger partial charge in [0.1, 0.15) is 5.84 Å². The number of non-ortho nitro benzene ring substituents is 1. The summed E-state index contributed by atoms with van der Waals surface area (Å²) in [5.41, 5.74) is 4.26. The Morgan fingerprint density at radius 1 is 1.00 bits per heavy atom. The summed E-state index contributed by atoms with van der Waals surface area (Å²) < 4.78 is 0. The molecular weight excluding hydrogens is 328 g/mol. The molecule has 2 heterocycles. The zero-order chi connectivity index (χ0) is 17.9. The zero-order valence-corrected chi connectivity index (χ0v) is 13.7. The summed E-state index contributed by atoms with van der Waals surface area (Å²) in [4.78, 5) is 19.7. The van der Waals surface area contributed by atoms with Gasteiger partial charge < -0.3 is 5.32 Å². The van der Waals surface area contributed by atoms with E-state index in [1.165, 1.54) is 12.1 Å². The van der Waals surface area contributed by atoms with Crippen LogP contribution in [0.4, 0.5) is 17.1 Å². The number of anilines is 1. The van der Waals surface area contributed by atoms with E-state index >= 15 is 0 Å². The molecule has 0 radical (unpaired) electrons. The Kier molecular flexibility index (Phi) is 3.99. The average Bonchev–Trinajstić information content (AvgIpc) is 2.83. The summed E-state index contributed by atoms with van der Waals surface area (Å²) in [6, 6.07) is 18.1. The Hall–Kier alpha value is -3.80. The van der Waals surface area contributed by atoms with Crippen molar-refractivity contribution in [3.8, 4) is 11.3 Å². The first kappa shape index (κ1) is 15.7. The van der Waals surface area contributed by atoms with Crippen LogP contribution in [0, 0.1) is 10.1 Å². The van der Waals surface area contributed by atoms with Crippen molar-refractivity contribution in [2.45, 2.75) is 0 Å². The van der Waals surface area contributed by atoms with Gasteiger partial charge in [-0.15, -0.1) is 0 Å². The molecule has 0 amide bonds. The van der Waals surface area contributed by atoms with E-state index in [0.717, 1.165) is 28.2 Å². The molecule has 0 saturated carbocycles. The van der Waals surface area contributed by atoms with Crippen molar-refractivity contribution in [3.05, 3.63) is 88.6 Å². The smallest absolute Gasteiger partial charge is 0.270 e. The Labute approximate surface area is 149 Å². The molecule has 6 heteroatoms. The van der Waals surface area contributed by atoms with Gasteiger partial charge in [0.25, 0.3) is 5.69 Å². The fraction of sp³-hybridized carbons (Fsp3) is 0. The molecule has 2 aromatic carbocycles. The Morgan fingerprint density at radius 3 is 2.77 bits per heavy atom. The van der Waals surface area contributed by atoms with Crippen molar-refractivity contribution in [2.75, 3.05) is 5.32 Å². The first-order valence-electron chi connectivity index (χ1n) is 8.03. The predicted octanol–water partition coefficient (Wildman–Crippen LogP) is 4.83. The lowest BCUT2D eigenvalue weighted by molar-refractivity contribution is -0.384. The van der Waals surface area contributed by atoms with Gasteiger partial charge in [0, 0.05) is 23.9 Å². The fourth-order valence-electron chi connectivity index (χ4n) is 2.78. The molecule has 4 rings (SSSR count). The van der Waals surface area contributed by atoms with Crippen molar-refractivity contribution in [3.63, 3.8) is 0 Å². The Morgan fingerprint density at radius 2 is 1.88 bits per heavy atom. The van der Waals surface area contributed by atoms with Gasteiger partial charge in [0.2, 0.25) is 0 Å². The molecule has 0 spiro atoms. The summed E-state index contributed by atoms with van der Waals surface area (Å²) in [5, 5.41) is 14.2. The number of aromatic nitrogens is 1. The maximum absolute atomic E-state index is 10.9. The van der Waals surface area contributed by atoms with E-state index in [2.05, 4.69) is 15.3 Å². The first-order valence-corrected chi connectivity index (χ1v) is 8.03. The zero-order valence-electron chi connectivity index (χ0n) is 13.7. The standard InChI is InChI=1S/C20H14N4O2/c25-24(26)15-6-3-5-14(13-15)10-11-19-22-17-8-2-1-7-16(17)20-18(23-19)9-4-12-21-20/h1-13H,(H,22,23)/b11-10+. The second-order valence-electron chi connectivity index (χ2n) is 5.72. The molecule has 0 atom stereocenters. The van der Waals surface area contributed by atoms with Gasteiger partial charge in [-0.05, 0) is 29.8 Å². The normalized spacial score (nSPS) is 12.5. The van der Waals surface area contributed by atoms with E-state index in [1.807, 2.05) is 42.5 Å². The van der Waals surface area contributed by atoms with E-state index in [0.29, 0.717) is 5.84 Å². The summed E-state index contributed by atoms with van der Waals surface area (Å²) >= 11 is 0. The van der Waals surface area contributed by atoms with Crippen LogP contribution in [0.25, 0.3) is 17.3 Å². The molecule has 0 fully saturated rings. The maximum Gasteiger partial charge on any atom is 0.270 e. The number of fused-ring (bicyclic) bond motifs is 3. The number of benzene rings is 2. The van der Waals surface area contributed by atoms with Crippen molar-refractivity contribution in [2.24, 2.45) is 4.99 Å². The van der Waals surface area contributed by atoms with Gasteiger partial charge in [-0.2, -0.15) is 0 Å². The number of amidine groups is 1. The number of nitro benzene ring substituents is 1.